The van der Waals surface area contributed by atoms with Crippen LogP contribution < -0.4 is 16.8 Å². The molecule has 0 aliphatic rings. The van der Waals surface area contributed by atoms with Crippen LogP contribution in [0.2, 0.25) is 0 Å². The standard InChI is InChI=1S/C13H13FN8S2/c14-8-3-1-7(2-4-8)5-17-12-21-22-13(24-12)23-6-9-18-10(15)20-11(16)19-9/h1-4H,5-6H2,(H,17,21)(H4,15,16,18,19,20). The Hall–Kier alpha value is -2.53. The summed E-state index contributed by atoms with van der Waals surface area (Å²) >= 11 is 2.83. The first kappa shape index (κ1) is 16.3. The van der Waals surface area contributed by atoms with Gasteiger partial charge in [-0.15, -0.1) is 10.2 Å². The van der Waals surface area contributed by atoms with Gasteiger partial charge in [-0.1, -0.05) is 35.2 Å². The number of nitrogens with two attached hydrogens (primary N) is 2. The van der Waals surface area contributed by atoms with E-state index in [1.165, 1.54) is 35.2 Å². The van der Waals surface area contributed by atoms with Crippen molar-refractivity contribution in [2.45, 2.75) is 16.6 Å². The van der Waals surface area contributed by atoms with Gasteiger partial charge in [0.2, 0.25) is 17.0 Å². The van der Waals surface area contributed by atoms with Crippen LogP contribution in [0.1, 0.15) is 11.4 Å². The summed E-state index contributed by atoms with van der Waals surface area (Å²) in [6, 6.07) is 6.28. The molecule has 3 aromatic rings. The van der Waals surface area contributed by atoms with E-state index in [9.17, 15) is 4.39 Å². The minimum Gasteiger partial charge on any atom is -0.368 e. The Bertz CT molecular complexity index is 803. The summed E-state index contributed by atoms with van der Waals surface area (Å²) in [4.78, 5) is 11.7. The first-order valence-electron chi connectivity index (χ1n) is 6.79. The van der Waals surface area contributed by atoms with Gasteiger partial charge in [0, 0.05) is 6.54 Å². The molecule has 0 saturated heterocycles. The van der Waals surface area contributed by atoms with Crippen molar-refractivity contribution in [3.05, 3.63) is 41.5 Å². The van der Waals surface area contributed by atoms with Crippen LogP contribution in [0, 0.1) is 5.82 Å². The van der Waals surface area contributed by atoms with E-state index in [2.05, 4.69) is 30.5 Å². The smallest absolute Gasteiger partial charge is 0.225 e. The molecule has 11 heteroatoms. The lowest BCUT2D eigenvalue weighted by molar-refractivity contribution is 0.627. The second kappa shape index (κ2) is 7.36. The van der Waals surface area contributed by atoms with Crippen molar-refractivity contribution in [1.82, 2.24) is 25.1 Å². The molecular weight excluding hydrogens is 351 g/mol. The average Bonchev–Trinajstić information content (AvgIpc) is 2.99. The van der Waals surface area contributed by atoms with Crippen molar-refractivity contribution in [3.8, 4) is 0 Å². The van der Waals surface area contributed by atoms with Gasteiger partial charge in [0.1, 0.15) is 11.6 Å². The molecule has 0 atom stereocenters. The van der Waals surface area contributed by atoms with Crippen molar-refractivity contribution < 1.29 is 4.39 Å². The lowest BCUT2D eigenvalue weighted by Gasteiger charge is -2.01. The maximum Gasteiger partial charge on any atom is 0.225 e. The van der Waals surface area contributed by atoms with Crippen molar-refractivity contribution in [3.63, 3.8) is 0 Å². The highest BCUT2D eigenvalue weighted by Gasteiger charge is 2.08. The number of anilines is 3. The lowest BCUT2D eigenvalue weighted by Crippen LogP contribution is -2.05. The normalized spacial score (nSPS) is 10.7. The predicted octanol–water partition coefficient (Wildman–Crippen LogP) is 1.93. The van der Waals surface area contributed by atoms with E-state index in [0.29, 0.717) is 23.3 Å². The summed E-state index contributed by atoms with van der Waals surface area (Å²) in [5, 5.41) is 12.0. The van der Waals surface area contributed by atoms with Crippen LogP contribution in [-0.2, 0) is 12.3 Å². The van der Waals surface area contributed by atoms with Gasteiger partial charge >= 0.3 is 0 Å². The number of thioether (sulfide) groups is 1. The third kappa shape index (κ3) is 4.49. The monoisotopic (exact) mass is 364 g/mol. The zero-order valence-electron chi connectivity index (χ0n) is 12.3. The van der Waals surface area contributed by atoms with Gasteiger partial charge < -0.3 is 16.8 Å². The highest BCUT2D eigenvalue weighted by molar-refractivity contribution is 8.00. The minimum atomic E-state index is -0.257. The van der Waals surface area contributed by atoms with E-state index in [4.69, 9.17) is 11.5 Å². The Morgan fingerprint density at radius 2 is 1.75 bits per heavy atom. The molecule has 2 heterocycles. The molecule has 0 radical (unpaired) electrons. The van der Waals surface area contributed by atoms with Crippen LogP contribution in [0.15, 0.2) is 28.6 Å². The van der Waals surface area contributed by atoms with E-state index >= 15 is 0 Å². The number of nitrogens with one attached hydrogen (secondary N) is 1. The second-order valence-corrected chi connectivity index (χ2v) is 6.81. The number of halogens is 1. The molecule has 24 heavy (non-hydrogen) atoms. The molecule has 124 valence electrons. The van der Waals surface area contributed by atoms with Crippen molar-refractivity contribution in [1.29, 1.82) is 0 Å². The van der Waals surface area contributed by atoms with Gasteiger partial charge in [0.25, 0.3) is 0 Å². The largest absolute Gasteiger partial charge is 0.368 e. The summed E-state index contributed by atoms with van der Waals surface area (Å²) in [5.41, 5.74) is 12.0. The molecule has 8 nitrogen and oxygen atoms in total. The van der Waals surface area contributed by atoms with Crippen LogP contribution in [0.5, 0.6) is 0 Å². The number of hydrogen-bond donors (Lipinski definition) is 3. The van der Waals surface area contributed by atoms with Gasteiger partial charge in [0.05, 0.1) is 5.75 Å². The summed E-state index contributed by atoms with van der Waals surface area (Å²) < 4.78 is 13.6. The highest BCUT2D eigenvalue weighted by Crippen LogP contribution is 2.27. The predicted molar refractivity (Wildman–Crippen MR) is 91.8 cm³/mol. The third-order valence-corrected chi connectivity index (χ3v) is 4.81. The molecule has 0 bridgehead atoms. The molecule has 3 rings (SSSR count). The molecule has 0 fully saturated rings. The van der Waals surface area contributed by atoms with Gasteiger partial charge in [-0.3, -0.25) is 0 Å². The molecule has 0 aliphatic carbocycles. The van der Waals surface area contributed by atoms with Crippen LogP contribution in [0.4, 0.5) is 21.4 Å². The Morgan fingerprint density at radius 1 is 1.04 bits per heavy atom. The van der Waals surface area contributed by atoms with E-state index in [-0.39, 0.29) is 17.7 Å². The summed E-state index contributed by atoms with van der Waals surface area (Å²) in [5.74, 6) is 0.881. The van der Waals surface area contributed by atoms with Gasteiger partial charge in [-0.25, -0.2) is 4.39 Å². The molecule has 0 spiro atoms. The fourth-order valence-electron chi connectivity index (χ4n) is 1.77. The molecule has 0 aliphatic heterocycles. The Morgan fingerprint density at radius 3 is 2.46 bits per heavy atom. The van der Waals surface area contributed by atoms with Gasteiger partial charge in [0.15, 0.2) is 4.34 Å². The lowest BCUT2D eigenvalue weighted by atomic mass is 10.2. The van der Waals surface area contributed by atoms with Crippen molar-refractivity contribution in [2.75, 3.05) is 16.8 Å². The third-order valence-electron chi connectivity index (χ3n) is 2.80. The number of nitrogen functional groups attached to an aromatic ring is 2. The van der Waals surface area contributed by atoms with Gasteiger partial charge in [-0.05, 0) is 17.7 Å². The molecule has 0 unspecified atom stereocenters. The van der Waals surface area contributed by atoms with Crippen molar-refractivity contribution >= 4 is 40.1 Å². The zero-order valence-corrected chi connectivity index (χ0v) is 13.9. The highest BCUT2D eigenvalue weighted by atomic mass is 32.2. The SMILES string of the molecule is Nc1nc(N)nc(CSc2nnc(NCc3ccc(F)cc3)s2)n1. The summed E-state index contributed by atoms with van der Waals surface area (Å²) in [7, 11) is 0. The molecule has 2 aromatic heterocycles. The Labute approximate surface area is 145 Å². The minimum absolute atomic E-state index is 0.0945. The van der Waals surface area contributed by atoms with E-state index in [1.54, 1.807) is 12.1 Å². The number of aromatic nitrogens is 5. The molecule has 5 N–H and O–H groups in total. The fraction of sp³-hybridized carbons (Fsp3) is 0.154. The van der Waals surface area contributed by atoms with Crippen molar-refractivity contribution in [2.24, 2.45) is 0 Å². The summed E-state index contributed by atoms with van der Waals surface area (Å²) in [6.45, 7) is 0.542. The first-order chi connectivity index (χ1) is 11.6. The average molecular weight is 364 g/mol. The maximum absolute atomic E-state index is 12.9. The molecule has 0 saturated carbocycles. The maximum atomic E-state index is 12.9. The fourth-order valence-corrected chi connectivity index (χ4v) is 3.37. The van der Waals surface area contributed by atoms with Crippen LogP contribution in [0.25, 0.3) is 0 Å². The molecule has 1 aromatic carbocycles. The molecular formula is C13H13FN8S2. The van der Waals surface area contributed by atoms with Crippen LogP contribution in [-0.4, -0.2) is 25.1 Å². The van der Waals surface area contributed by atoms with Gasteiger partial charge in [-0.2, -0.15) is 15.0 Å². The summed E-state index contributed by atoms with van der Waals surface area (Å²) in [6.07, 6.45) is 0. The molecule has 0 amide bonds. The Balaban J connectivity index is 1.54. The number of nitrogens with zero attached hydrogens (tertiary/aromatic N) is 5. The Kier molecular flexibility index (Phi) is 5.01. The van der Waals surface area contributed by atoms with Crippen LogP contribution in [0.3, 0.4) is 0 Å². The van der Waals surface area contributed by atoms with E-state index < -0.39 is 0 Å². The van der Waals surface area contributed by atoms with E-state index in [0.717, 1.165) is 9.90 Å². The number of hydrogen-bond acceptors (Lipinski definition) is 10. The van der Waals surface area contributed by atoms with E-state index in [1.807, 2.05) is 0 Å². The van der Waals surface area contributed by atoms with Crippen LogP contribution >= 0.6 is 23.1 Å². The quantitative estimate of drug-likeness (QED) is 0.562. The zero-order chi connectivity index (χ0) is 16.9. The topological polar surface area (TPSA) is 129 Å². The number of rotatable bonds is 6. The first-order valence-corrected chi connectivity index (χ1v) is 8.59. The second-order valence-electron chi connectivity index (χ2n) is 4.61. The number of benzene rings is 1.